The number of nitro groups is 1. The Bertz CT molecular complexity index is 667. The van der Waals surface area contributed by atoms with Crippen LogP contribution in [-0.4, -0.2) is 21.6 Å². The third-order valence-corrected chi connectivity index (χ3v) is 4.72. The molecule has 0 aliphatic heterocycles. The molecule has 0 spiro atoms. The van der Waals surface area contributed by atoms with E-state index in [1.54, 1.807) is 0 Å². The van der Waals surface area contributed by atoms with E-state index in [9.17, 15) is 19.7 Å². The number of aromatic nitrogens is 1. The number of pyridine rings is 1. The zero-order valence-corrected chi connectivity index (χ0v) is 14.3. The predicted molar refractivity (Wildman–Crippen MR) is 88.6 cm³/mol. The third kappa shape index (κ3) is 4.43. The van der Waals surface area contributed by atoms with E-state index in [0.29, 0.717) is 17.8 Å². The van der Waals surface area contributed by atoms with Crippen molar-refractivity contribution in [2.75, 3.05) is 0 Å². The zero-order valence-electron chi connectivity index (χ0n) is 14.3. The van der Waals surface area contributed by atoms with Gasteiger partial charge >= 0.3 is 5.97 Å². The summed E-state index contributed by atoms with van der Waals surface area (Å²) in [7, 11) is 0. The summed E-state index contributed by atoms with van der Waals surface area (Å²) in [5.41, 5.74) is -0.691. The quantitative estimate of drug-likeness (QED) is 0.468. The molecule has 0 radical (unpaired) electrons. The molecule has 7 nitrogen and oxygen atoms in total. The standard InChI is InChI=1S/C17H24N2O5/c1-11(2)14-6-4-12(3)8-15(14)24-17(21)10-18-9-13(19(22)23)5-7-16(18)20/h5,7,9,11-12,14-15H,4,6,8,10H2,1-3H3/t12-,14+,15-/m0/s1. The zero-order chi connectivity index (χ0) is 17.9. The Kier molecular flexibility index (Phi) is 5.75. The van der Waals surface area contributed by atoms with Crippen LogP contribution in [0.5, 0.6) is 0 Å². The van der Waals surface area contributed by atoms with Gasteiger partial charge in [0.15, 0.2) is 0 Å². The van der Waals surface area contributed by atoms with Crippen molar-refractivity contribution in [1.82, 2.24) is 4.57 Å². The van der Waals surface area contributed by atoms with Crippen molar-refractivity contribution in [3.8, 4) is 0 Å². The number of ether oxygens (including phenoxy) is 1. The molecule has 0 saturated heterocycles. The summed E-state index contributed by atoms with van der Waals surface area (Å²) >= 11 is 0. The van der Waals surface area contributed by atoms with Gasteiger partial charge in [-0.05, 0) is 30.6 Å². The molecule has 1 aromatic heterocycles. The van der Waals surface area contributed by atoms with Crippen LogP contribution >= 0.6 is 0 Å². The molecule has 0 unspecified atom stereocenters. The highest BCUT2D eigenvalue weighted by atomic mass is 16.6. The Morgan fingerprint density at radius 1 is 1.42 bits per heavy atom. The van der Waals surface area contributed by atoms with Crippen molar-refractivity contribution in [2.24, 2.45) is 17.8 Å². The van der Waals surface area contributed by atoms with Crippen molar-refractivity contribution in [3.63, 3.8) is 0 Å². The van der Waals surface area contributed by atoms with Crippen LogP contribution in [-0.2, 0) is 16.1 Å². The molecule has 3 atom stereocenters. The van der Waals surface area contributed by atoms with Gasteiger partial charge in [-0.25, -0.2) is 0 Å². The van der Waals surface area contributed by atoms with Crippen LogP contribution in [0.1, 0.15) is 40.0 Å². The number of carbonyl (C=O) groups is 1. The van der Waals surface area contributed by atoms with Crippen LogP contribution in [0.2, 0.25) is 0 Å². The van der Waals surface area contributed by atoms with Gasteiger partial charge in [0, 0.05) is 12.1 Å². The van der Waals surface area contributed by atoms with Crippen LogP contribution in [0, 0.1) is 27.9 Å². The maximum absolute atomic E-state index is 12.2. The normalized spacial score (nSPS) is 23.9. The molecule has 1 aliphatic carbocycles. The van der Waals surface area contributed by atoms with E-state index in [0.717, 1.165) is 42.2 Å². The molecule has 1 fully saturated rings. The Labute approximate surface area is 140 Å². The molecule has 132 valence electrons. The number of carbonyl (C=O) groups excluding carboxylic acids is 1. The lowest BCUT2D eigenvalue weighted by Crippen LogP contribution is -2.37. The molecule has 24 heavy (non-hydrogen) atoms. The molecule has 0 aromatic carbocycles. The second kappa shape index (κ2) is 7.59. The van der Waals surface area contributed by atoms with E-state index in [4.69, 9.17) is 4.74 Å². The molecular formula is C17H24N2O5. The fourth-order valence-corrected chi connectivity index (χ4v) is 3.35. The summed E-state index contributed by atoms with van der Waals surface area (Å²) in [6.45, 7) is 6.07. The van der Waals surface area contributed by atoms with Gasteiger partial charge in [-0.2, -0.15) is 0 Å². The molecule has 2 rings (SSSR count). The van der Waals surface area contributed by atoms with Crippen LogP contribution in [0.3, 0.4) is 0 Å². The average Bonchev–Trinajstić information content (AvgIpc) is 2.48. The predicted octanol–water partition coefficient (Wildman–Crippen LogP) is 2.76. The van der Waals surface area contributed by atoms with Gasteiger partial charge in [-0.15, -0.1) is 0 Å². The van der Waals surface area contributed by atoms with E-state index >= 15 is 0 Å². The number of rotatable bonds is 5. The molecule has 1 saturated carbocycles. The van der Waals surface area contributed by atoms with Crippen LogP contribution in [0.15, 0.2) is 23.1 Å². The summed E-state index contributed by atoms with van der Waals surface area (Å²) in [6, 6.07) is 2.22. The first-order valence-corrected chi connectivity index (χ1v) is 8.32. The SMILES string of the molecule is CC(C)[C@H]1CC[C@H](C)C[C@@H]1OC(=O)Cn1cc([N+](=O)[O-])ccc1=O. The first kappa shape index (κ1) is 18.2. The highest BCUT2D eigenvalue weighted by molar-refractivity contribution is 5.69. The van der Waals surface area contributed by atoms with E-state index < -0.39 is 16.5 Å². The fourth-order valence-electron chi connectivity index (χ4n) is 3.35. The minimum absolute atomic E-state index is 0.157. The summed E-state index contributed by atoms with van der Waals surface area (Å²) in [4.78, 5) is 34.2. The molecule has 1 aromatic rings. The van der Waals surface area contributed by atoms with Crippen molar-refractivity contribution in [2.45, 2.75) is 52.7 Å². The largest absolute Gasteiger partial charge is 0.461 e. The van der Waals surface area contributed by atoms with Crippen LogP contribution in [0.25, 0.3) is 0 Å². The van der Waals surface area contributed by atoms with E-state index in [-0.39, 0.29) is 18.3 Å². The van der Waals surface area contributed by atoms with Gasteiger partial charge in [0.25, 0.3) is 11.2 Å². The Balaban J connectivity index is 2.08. The Hall–Kier alpha value is -2.18. The molecule has 1 aliphatic rings. The summed E-state index contributed by atoms with van der Waals surface area (Å²) < 4.78 is 6.65. The average molecular weight is 336 g/mol. The summed E-state index contributed by atoms with van der Waals surface area (Å²) in [5, 5.41) is 10.8. The van der Waals surface area contributed by atoms with Crippen molar-refractivity contribution in [3.05, 3.63) is 38.8 Å². The lowest BCUT2D eigenvalue weighted by molar-refractivity contribution is -0.385. The van der Waals surface area contributed by atoms with Gasteiger partial charge in [0.1, 0.15) is 12.6 Å². The smallest absolute Gasteiger partial charge is 0.326 e. The maximum Gasteiger partial charge on any atom is 0.326 e. The number of nitrogens with zero attached hydrogens (tertiary/aromatic N) is 2. The Morgan fingerprint density at radius 2 is 2.12 bits per heavy atom. The van der Waals surface area contributed by atoms with Gasteiger partial charge in [-0.3, -0.25) is 24.3 Å². The van der Waals surface area contributed by atoms with Crippen molar-refractivity contribution < 1.29 is 14.5 Å². The topological polar surface area (TPSA) is 91.4 Å². The van der Waals surface area contributed by atoms with Crippen LogP contribution in [0.4, 0.5) is 5.69 Å². The van der Waals surface area contributed by atoms with Crippen LogP contribution < -0.4 is 5.56 Å². The molecule has 0 N–H and O–H groups in total. The van der Waals surface area contributed by atoms with Crippen molar-refractivity contribution >= 4 is 11.7 Å². The van der Waals surface area contributed by atoms with Gasteiger partial charge in [0.05, 0.1) is 11.1 Å². The second-order valence-electron chi connectivity index (χ2n) is 6.96. The minimum atomic E-state index is -0.598. The lowest BCUT2D eigenvalue weighted by Gasteiger charge is -2.36. The highest BCUT2D eigenvalue weighted by Gasteiger charge is 2.33. The number of hydrogen-bond acceptors (Lipinski definition) is 5. The Morgan fingerprint density at radius 3 is 2.75 bits per heavy atom. The summed E-state index contributed by atoms with van der Waals surface area (Å²) in [5.74, 6) is 0.698. The first-order chi connectivity index (χ1) is 11.3. The van der Waals surface area contributed by atoms with Gasteiger partial charge < -0.3 is 4.74 Å². The fraction of sp³-hybridized carbons (Fsp3) is 0.647. The minimum Gasteiger partial charge on any atom is -0.461 e. The maximum atomic E-state index is 12.2. The molecule has 1 heterocycles. The molecule has 0 bridgehead atoms. The van der Waals surface area contributed by atoms with Gasteiger partial charge in [-0.1, -0.05) is 27.2 Å². The van der Waals surface area contributed by atoms with E-state index in [1.165, 1.54) is 0 Å². The monoisotopic (exact) mass is 336 g/mol. The summed E-state index contributed by atoms with van der Waals surface area (Å²) in [6.07, 6.45) is 3.89. The number of esters is 1. The van der Waals surface area contributed by atoms with Gasteiger partial charge in [0.2, 0.25) is 0 Å². The number of hydrogen-bond donors (Lipinski definition) is 0. The van der Waals surface area contributed by atoms with E-state index in [2.05, 4.69) is 20.8 Å². The first-order valence-electron chi connectivity index (χ1n) is 8.32. The molecule has 0 amide bonds. The molecule has 7 heteroatoms. The van der Waals surface area contributed by atoms with Crippen molar-refractivity contribution in [1.29, 1.82) is 0 Å². The lowest BCUT2D eigenvalue weighted by atomic mass is 9.75. The second-order valence-corrected chi connectivity index (χ2v) is 6.96. The highest BCUT2D eigenvalue weighted by Crippen LogP contribution is 2.35. The van der Waals surface area contributed by atoms with E-state index in [1.807, 2.05) is 0 Å². The third-order valence-electron chi connectivity index (χ3n) is 4.72. The molecular weight excluding hydrogens is 312 g/mol.